The van der Waals surface area contributed by atoms with Crippen molar-refractivity contribution in [3.63, 3.8) is 0 Å². The molecule has 82 valence electrons. The van der Waals surface area contributed by atoms with E-state index >= 15 is 0 Å². The molecule has 1 N–H and O–H groups in total. The number of anilines is 1. The summed E-state index contributed by atoms with van der Waals surface area (Å²) in [5.41, 5.74) is 0. The zero-order valence-electron chi connectivity index (χ0n) is 8.61. The molecule has 1 aliphatic rings. The molecule has 0 spiro atoms. The summed E-state index contributed by atoms with van der Waals surface area (Å²) in [5, 5.41) is 3.59. The Balaban J connectivity index is 2.02. The molecule has 0 saturated carbocycles. The van der Waals surface area contributed by atoms with E-state index in [2.05, 4.69) is 22.2 Å². The minimum atomic E-state index is 0.270. The van der Waals surface area contributed by atoms with E-state index in [1.165, 1.54) is 0 Å². The van der Waals surface area contributed by atoms with E-state index in [1.54, 1.807) is 6.20 Å². The number of nitrogens with zero attached hydrogens (tertiary/aromatic N) is 2. The van der Waals surface area contributed by atoms with Crippen LogP contribution in [-0.2, 0) is 4.74 Å². The molecular formula is C10H14ClN3O. The predicted molar refractivity (Wildman–Crippen MR) is 59.1 cm³/mol. The van der Waals surface area contributed by atoms with Crippen molar-refractivity contribution < 1.29 is 4.74 Å². The van der Waals surface area contributed by atoms with Gasteiger partial charge in [-0.2, -0.15) is 0 Å². The minimum Gasteiger partial charge on any atom is -0.379 e. The van der Waals surface area contributed by atoms with Gasteiger partial charge >= 0.3 is 0 Å². The van der Waals surface area contributed by atoms with Crippen LogP contribution in [0.4, 0.5) is 5.82 Å². The largest absolute Gasteiger partial charge is 0.379 e. The third kappa shape index (κ3) is 2.58. The normalized spacial score (nSPS) is 25.5. The average Bonchev–Trinajstić information content (AvgIpc) is 2.65. The van der Waals surface area contributed by atoms with Crippen LogP contribution in [0, 0.1) is 5.92 Å². The van der Waals surface area contributed by atoms with Crippen LogP contribution in [0.5, 0.6) is 0 Å². The molecule has 1 aromatic rings. The molecule has 0 radical (unpaired) electrons. The van der Waals surface area contributed by atoms with Gasteiger partial charge in [-0.05, 0) is 24.1 Å². The first-order valence-corrected chi connectivity index (χ1v) is 5.50. The highest BCUT2D eigenvalue weighted by atomic mass is 35.5. The molecule has 4 nitrogen and oxygen atoms in total. The van der Waals surface area contributed by atoms with Crippen LogP contribution >= 0.6 is 11.6 Å². The van der Waals surface area contributed by atoms with Gasteiger partial charge < -0.3 is 10.1 Å². The Morgan fingerprint density at radius 3 is 3.20 bits per heavy atom. The molecule has 0 bridgehead atoms. The van der Waals surface area contributed by atoms with Gasteiger partial charge in [0.1, 0.15) is 5.82 Å². The summed E-state index contributed by atoms with van der Waals surface area (Å²) in [7, 11) is 0. The zero-order chi connectivity index (χ0) is 10.7. The van der Waals surface area contributed by atoms with Crippen molar-refractivity contribution in [2.24, 2.45) is 5.92 Å². The molecule has 5 heteroatoms. The number of halogens is 1. The van der Waals surface area contributed by atoms with E-state index in [0.29, 0.717) is 12.0 Å². The summed E-state index contributed by atoms with van der Waals surface area (Å²) in [6, 6.07) is 2.15. The number of hydrogen-bond donors (Lipinski definition) is 1. The van der Waals surface area contributed by atoms with Crippen molar-refractivity contribution in [1.82, 2.24) is 9.97 Å². The number of aromatic nitrogens is 2. The van der Waals surface area contributed by atoms with E-state index in [0.717, 1.165) is 25.5 Å². The topological polar surface area (TPSA) is 47.0 Å². The van der Waals surface area contributed by atoms with Gasteiger partial charge in [0.05, 0.1) is 19.3 Å². The Morgan fingerprint density at radius 1 is 1.60 bits per heavy atom. The van der Waals surface area contributed by atoms with Crippen LogP contribution in [0.25, 0.3) is 0 Å². The highest BCUT2D eigenvalue weighted by Crippen LogP contribution is 2.20. The molecular weight excluding hydrogens is 214 g/mol. The first kappa shape index (κ1) is 10.6. The van der Waals surface area contributed by atoms with Crippen molar-refractivity contribution in [2.75, 3.05) is 18.5 Å². The second-order valence-corrected chi connectivity index (χ2v) is 4.01. The van der Waals surface area contributed by atoms with E-state index in [1.807, 2.05) is 6.07 Å². The maximum absolute atomic E-state index is 5.71. The van der Waals surface area contributed by atoms with Gasteiger partial charge in [0.15, 0.2) is 0 Å². The molecule has 2 rings (SSSR count). The first-order valence-electron chi connectivity index (χ1n) is 5.12. The third-order valence-electron chi connectivity index (χ3n) is 2.68. The highest BCUT2D eigenvalue weighted by molar-refractivity contribution is 6.28. The van der Waals surface area contributed by atoms with Crippen LogP contribution in [0.15, 0.2) is 12.3 Å². The summed E-state index contributed by atoms with van der Waals surface area (Å²) >= 11 is 5.71. The van der Waals surface area contributed by atoms with E-state index < -0.39 is 0 Å². The average molecular weight is 228 g/mol. The molecule has 1 saturated heterocycles. The standard InChI is InChI=1S/C10H14ClN3O/c1-2-7-5-15-6-8(7)13-9-3-4-12-10(11)14-9/h3-4,7-8H,2,5-6H2,1H3,(H,12,13,14). The molecule has 2 unspecified atom stereocenters. The second kappa shape index (κ2) is 4.77. The SMILES string of the molecule is CCC1COCC1Nc1ccnc(Cl)n1. The molecule has 1 aliphatic heterocycles. The Labute approximate surface area is 94.0 Å². The lowest BCUT2D eigenvalue weighted by molar-refractivity contribution is 0.184. The van der Waals surface area contributed by atoms with E-state index in [4.69, 9.17) is 16.3 Å². The highest BCUT2D eigenvalue weighted by Gasteiger charge is 2.26. The fourth-order valence-corrected chi connectivity index (χ4v) is 1.91. The Morgan fingerprint density at radius 2 is 2.47 bits per heavy atom. The van der Waals surface area contributed by atoms with Gasteiger partial charge in [-0.3, -0.25) is 0 Å². The summed E-state index contributed by atoms with van der Waals surface area (Å²) in [5.74, 6) is 1.32. The van der Waals surface area contributed by atoms with Crippen LogP contribution in [0.1, 0.15) is 13.3 Å². The monoisotopic (exact) mass is 227 g/mol. The van der Waals surface area contributed by atoms with Crippen LogP contribution in [-0.4, -0.2) is 29.2 Å². The van der Waals surface area contributed by atoms with Gasteiger partial charge in [-0.15, -0.1) is 0 Å². The fourth-order valence-electron chi connectivity index (χ4n) is 1.77. The van der Waals surface area contributed by atoms with Gasteiger partial charge in [0.2, 0.25) is 5.28 Å². The maximum Gasteiger partial charge on any atom is 0.224 e. The maximum atomic E-state index is 5.71. The number of rotatable bonds is 3. The zero-order valence-corrected chi connectivity index (χ0v) is 9.37. The Bertz CT molecular complexity index is 334. The summed E-state index contributed by atoms with van der Waals surface area (Å²) in [6.07, 6.45) is 2.75. The Kier molecular flexibility index (Phi) is 3.38. The molecule has 2 heterocycles. The van der Waals surface area contributed by atoms with Gasteiger partial charge in [0, 0.05) is 12.1 Å². The minimum absolute atomic E-state index is 0.270. The van der Waals surface area contributed by atoms with Crippen molar-refractivity contribution >= 4 is 17.4 Å². The van der Waals surface area contributed by atoms with E-state index in [-0.39, 0.29) is 5.28 Å². The van der Waals surface area contributed by atoms with Gasteiger partial charge in [-0.25, -0.2) is 9.97 Å². The van der Waals surface area contributed by atoms with Gasteiger partial charge in [-0.1, -0.05) is 6.92 Å². The molecule has 0 aliphatic carbocycles. The lowest BCUT2D eigenvalue weighted by Gasteiger charge is -2.17. The van der Waals surface area contributed by atoms with Crippen molar-refractivity contribution in [2.45, 2.75) is 19.4 Å². The second-order valence-electron chi connectivity index (χ2n) is 3.67. The first-order chi connectivity index (χ1) is 7.29. The summed E-state index contributed by atoms with van der Waals surface area (Å²) in [4.78, 5) is 7.93. The smallest absolute Gasteiger partial charge is 0.224 e. The quantitative estimate of drug-likeness (QED) is 0.802. The molecule has 2 atom stereocenters. The van der Waals surface area contributed by atoms with E-state index in [9.17, 15) is 0 Å². The number of nitrogens with one attached hydrogen (secondary N) is 1. The predicted octanol–water partition coefficient (Wildman–Crippen LogP) is 1.97. The van der Waals surface area contributed by atoms with Crippen molar-refractivity contribution in [3.8, 4) is 0 Å². The Hall–Kier alpha value is -0.870. The number of hydrogen-bond acceptors (Lipinski definition) is 4. The number of ether oxygens (including phenoxy) is 1. The summed E-state index contributed by atoms with van der Waals surface area (Å²) < 4.78 is 5.42. The molecule has 0 aromatic carbocycles. The van der Waals surface area contributed by atoms with Crippen molar-refractivity contribution in [3.05, 3.63) is 17.5 Å². The molecule has 1 fully saturated rings. The van der Waals surface area contributed by atoms with Gasteiger partial charge in [0.25, 0.3) is 0 Å². The fraction of sp³-hybridized carbons (Fsp3) is 0.600. The molecule has 1 aromatic heterocycles. The van der Waals surface area contributed by atoms with Crippen LogP contribution in [0.2, 0.25) is 5.28 Å². The van der Waals surface area contributed by atoms with Crippen LogP contribution < -0.4 is 5.32 Å². The lowest BCUT2D eigenvalue weighted by Crippen LogP contribution is -2.27. The summed E-state index contributed by atoms with van der Waals surface area (Å²) in [6.45, 7) is 3.73. The lowest BCUT2D eigenvalue weighted by atomic mass is 10.0. The molecule has 15 heavy (non-hydrogen) atoms. The third-order valence-corrected chi connectivity index (χ3v) is 2.86. The van der Waals surface area contributed by atoms with Crippen LogP contribution in [0.3, 0.4) is 0 Å². The molecule has 0 amide bonds. The van der Waals surface area contributed by atoms with Crippen molar-refractivity contribution in [1.29, 1.82) is 0 Å².